The van der Waals surface area contributed by atoms with E-state index in [2.05, 4.69) is 5.92 Å². The Kier molecular flexibility index (Phi) is 4.21. The van der Waals surface area contributed by atoms with Gasteiger partial charge >= 0.3 is 5.97 Å². The van der Waals surface area contributed by atoms with Crippen LogP contribution in [0.15, 0.2) is 33.8 Å². The lowest BCUT2D eigenvalue weighted by molar-refractivity contribution is -0.140. The Morgan fingerprint density at radius 2 is 2.18 bits per heavy atom. The van der Waals surface area contributed by atoms with Crippen molar-refractivity contribution in [3.63, 3.8) is 0 Å². The molecule has 0 spiro atoms. The minimum absolute atomic E-state index is 0.170. The molecule has 0 amide bonds. The lowest BCUT2D eigenvalue weighted by Gasteiger charge is -2.22. The van der Waals surface area contributed by atoms with E-state index in [0.29, 0.717) is 4.31 Å². The summed E-state index contributed by atoms with van der Waals surface area (Å²) in [6.07, 6.45) is 5.11. The molecule has 1 aromatic heterocycles. The molecular formula is C14H12FNO5S. The number of furan rings is 1. The second kappa shape index (κ2) is 5.79. The lowest BCUT2D eigenvalue weighted by Crippen LogP contribution is -2.43. The molecule has 1 N–H and O–H groups in total. The summed E-state index contributed by atoms with van der Waals surface area (Å²) in [5.41, 5.74) is 0.170. The number of aliphatic carboxylic acids is 1. The van der Waals surface area contributed by atoms with Crippen LogP contribution >= 0.6 is 0 Å². The molecular weight excluding hydrogens is 313 g/mol. The van der Waals surface area contributed by atoms with Crippen molar-refractivity contribution in [2.75, 3.05) is 6.54 Å². The zero-order chi connectivity index (χ0) is 16.5. The van der Waals surface area contributed by atoms with Crippen LogP contribution in [-0.4, -0.2) is 36.4 Å². The third-order valence-electron chi connectivity index (χ3n) is 3.06. The molecule has 0 aliphatic carbocycles. The highest BCUT2D eigenvalue weighted by atomic mass is 32.2. The standard InChI is InChI=1S/C14H12FNO5S/c1-3-6-16(9(2)14(17)18)22(19,20)13-8-10-7-11(15)4-5-12(10)21-13/h1,4-5,7-9H,6H2,2H3,(H,17,18)/t9-/m0/s1. The number of carbonyl (C=O) groups is 1. The number of rotatable bonds is 5. The number of benzene rings is 1. The summed E-state index contributed by atoms with van der Waals surface area (Å²) in [5.74, 6) is 0.213. The van der Waals surface area contributed by atoms with Crippen molar-refractivity contribution in [3.05, 3.63) is 30.1 Å². The molecule has 0 bridgehead atoms. The van der Waals surface area contributed by atoms with Gasteiger partial charge in [0.25, 0.3) is 10.0 Å². The Balaban J connectivity index is 2.54. The number of sulfonamides is 1. The summed E-state index contributed by atoms with van der Waals surface area (Å²) in [6.45, 7) is 0.765. The van der Waals surface area contributed by atoms with Crippen LogP contribution in [0.4, 0.5) is 4.39 Å². The number of halogens is 1. The second-order valence-electron chi connectivity index (χ2n) is 4.52. The van der Waals surface area contributed by atoms with Crippen molar-refractivity contribution in [1.82, 2.24) is 4.31 Å². The highest BCUT2D eigenvalue weighted by Crippen LogP contribution is 2.26. The van der Waals surface area contributed by atoms with E-state index in [-0.39, 0.29) is 11.0 Å². The minimum atomic E-state index is -4.26. The number of fused-ring (bicyclic) bond motifs is 1. The van der Waals surface area contributed by atoms with E-state index < -0.39 is 39.5 Å². The maximum absolute atomic E-state index is 13.2. The molecule has 0 unspecified atom stereocenters. The van der Waals surface area contributed by atoms with Crippen LogP contribution in [0.3, 0.4) is 0 Å². The summed E-state index contributed by atoms with van der Waals surface area (Å²) >= 11 is 0. The van der Waals surface area contributed by atoms with Gasteiger partial charge in [-0.1, -0.05) is 5.92 Å². The number of carboxylic acids is 1. The monoisotopic (exact) mass is 325 g/mol. The van der Waals surface area contributed by atoms with Crippen molar-refractivity contribution in [1.29, 1.82) is 0 Å². The fraction of sp³-hybridized carbons (Fsp3) is 0.214. The zero-order valence-corrected chi connectivity index (χ0v) is 12.3. The third-order valence-corrected chi connectivity index (χ3v) is 4.83. The van der Waals surface area contributed by atoms with E-state index in [0.717, 1.165) is 18.2 Å². The topological polar surface area (TPSA) is 87.8 Å². The molecule has 0 aliphatic heterocycles. The maximum Gasteiger partial charge on any atom is 0.321 e. The Labute approximate surface area is 126 Å². The van der Waals surface area contributed by atoms with E-state index in [1.165, 1.54) is 13.0 Å². The Bertz CT molecular complexity index is 865. The second-order valence-corrected chi connectivity index (χ2v) is 6.34. The van der Waals surface area contributed by atoms with E-state index >= 15 is 0 Å². The molecule has 0 saturated carbocycles. The number of carboxylic acid groups (broad SMARTS) is 1. The third kappa shape index (κ3) is 2.81. The quantitative estimate of drug-likeness (QED) is 0.845. The van der Waals surface area contributed by atoms with Gasteiger partial charge in [-0.25, -0.2) is 12.8 Å². The van der Waals surface area contributed by atoms with E-state index in [4.69, 9.17) is 15.9 Å². The molecule has 2 aromatic rings. The number of hydrogen-bond acceptors (Lipinski definition) is 4. The van der Waals surface area contributed by atoms with Crippen molar-refractivity contribution < 1.29 is 27.1 Å². The summed E-state index contributed by atoms with van der Waals surface area (Å²) < 4.78 is 44.0. The van der Waals surface area contributed by atoms with Gasteiger partial charge in [-0.3, -0.25) is 4.79 Å². The fourth-order valence-electron chi connectivity index (χ4n) is 1.88. The first-order chi connectivity index (χ1) is 10.3. The Morgan fingerprint density at radius 3 is 2.77 bits per heavy atom. The summed E-state index contributed by atoms with van der Waals surface area (Å²) in [7, 11) is -4.26. The van der Waals surface area contributed by atoms with Gasteiger partial charge in [0.05, 0.1) is 6.54 Å². The number of terminal acetylenes is 1. The zero-order valence-electron chi connectivity index (χ0n) is 11.5. The van der Waals surface area contributed by atoms with Crippen LogP contribution in [0, 0.1) is 18.2 Å². The van der Waals surface area contributed by atoms with E-state index in [1.807, 2.05) is 0 Å². The normalized spacial score (nSPS) is 13.2. The van der Waals surface area contributed by atoms with Crippen molar-refractivity contribution >= 4 is 27.0 Å². The molecule has 6 nitrogen and oxygen atoms in total. The molecule has 2 rings (SSSR count). The average molecular weight is 325 g/mol. The first-order valence-corrected chi connectivity index (χ1v) is 7.58. The molecule has 0 radical (unpaired) electrons. The molecule has 0 fully saturated rings. The molecule has 22 heavy (non-hydrogen) atoms. The van der Waals surface area contributed by atoms with Crippen LogP contribution in [-0.2, 0) is 14.8 Å². The Morgan fingerprint density at radius 1 is 1.50 bits per heavy atom. The molecule has 1 aromatic carbocycles. The van der Waals surface area contributed by atoms with Gasteiger partial charge in [-0.2, -0.15) is 4.31 Å². The lowest BCUT2D eigenvalue weighted by atomic mass is 10.2. The summed E-state index contributed by atoms with van der Waals surface area (Å²) in [4.78, 5) is 11.1. The molecule has 116 valence electrons. The van der Waals surface area contributed by atoms with Crippen LogP contribution in [0.5, 0.6) is 0 Å². The van der Waals surface area contributed by atoms with Gasteiger partial charge in [-0.05, 0) is 25.1 Å². The first kappa shape index (κ1) is 16.0. The van der Waals surface area contributed by atoms with Crippen molar-refractivity contribution in [3.8, 4) is 12.3 Å². The van der Waals surface area contributed by atoms with Crippen LogP contribution in [0.1, 0.15) is 6.92 Å². The van der Waals surface area contributed by atoms with Gasteiger partial charge < -0.3 is 9.52 Å². The van der Waals surface area contributed by atoms with E-state index in [1.54, 1.807) is 0 Å². The minimum Gasteiger partial charge on any atom is -0.480 e. The van der Waals surface area contributed by atoms with Gasteiger partial charge in [0.2, 0.25) is 5.09 Å². The molecule has 8 heteroatoms. The number of hydrogen-bond donors (Lipinski definition) is 1. The molecule has 0 saturated heterocycles. The highest BCUT2D eigenvalue weighted by molar-refractivity contribution is 7.89. The van der Waals surface area contributed by atoms with Crippen molar-refractivity contribution in [2.45, 2.75) is 18.1 Å². The van der Waals surface area contributed by atoms with E-state index in [9.17, 15) is 17.6 Å². The van der Waals surface area contributed by atoms with Gasteiger partial charge in [0.15, 0.2) is 0 Å². The summed E-state index contributed by atoms with van der Waals surface area (Å²) in [5, 5.41) is 8.77. The van der Waals surface area contributed by atoms with Gasteiger partial charge in [-0.15, -0.1) is 6.42 Å². The smallest absolute Gasteiger partial charge is 0.321 e. The SMILES string of the molecule is C#CCN([C@@H](C)C(=O)O)S(=O)(=O)c1cc2cc(F)ccc2o1. The highest BCUT2D eigenvalue weighted by Gasteiger charge is 2.34. The fourth-order valence-corrected chi connectivity index (χ4v) is 3.33. The molecule has 1 heterocycles. The predicted molar refractivity (Wildman–Crippen MR) is 76.0 cm³/mol. The average Bonchev–Trinajstić information content (AvgIpc) is 2.87. The number of nitrogens with zero attached hydrogens (tertiary/aromatic N) is 1. The largest absolute Gasteiger partial charge is 0.480 e. The maximum atomic E-state index is 13.2. The summed E-state index contributed by atoms with van der Waals surface area (Å²) in [6, 6.07) is 3.29. The Hall–Kier alpha value is -2.37. The van der Waals surface area contributed by atoms with Gasteiger partial charge in [0, 0.05) is 11.5 Å². The predicted octanol–water partition coefficient (Wildman–Crippen LogP) is 1.67. The van der Waals surface area contributed by atoms with Crippen LogP contribution in [0.25, 0.3) is 11.0 Å². The molecule has 1 atom stereocenters. The van der Waals surface area contributed by atoms with Crippen molar-refractivity contribution in [2.24, 2.45) is 0 Å². The first-order valence-electron chi connectivity index (χ1n) is 6.14. The van der Waals surface area contributed by atoms with Crippen LogP contribution < -0.4 is 0 Å². The molecule has 0 aliphatic rings. The van der Waals surface area contributed by atoms with Gasteiger partial charge in [0.1, 0.15) is 17.4 Å². The van der Waals surface area contributed by atoms with Crippen LogP contribution in [0.2, 0.25) is 0 Å².